The fraction of sp³-hybridized carbons (Fsp3) is 0.462. The summed E-state index contributed by atoms with van der Waals surface area (Å²) in [7, 11) is -1.88. The molecule has 0 bridgehead atoms. The molecule has 0 aliphatic carbocycles. The van der Waals surface area contributed by atoms with Gasteiger partial charge in [0.2, 0.25) is 10.0 Å². The van der Waals surface area contributed by atoms with Crippen molar-refractivity contribution in [3.63, 3.8) is 0 Å². The number of sulfonamides is 1. The first-order chi connectivity index (χ1) is 9.38. The van der Waals surface area contributed by atoms with Gasteiger partial charge in [0.1, 0.15) is 4.99 Å². The maximum Gasteiger partial charge on any atom is 0.216 e. The van der Waals surface area contributed by atoms with E-state index in [2.05, 4.69) is 4.72 Å². The van der Waals surface area contributed by atoms with Gasteiger partial charge < -0.3 is 10.5 Å². The van der Waals surface area contributed by atoms with Crippen LogP contribution in [-0.4, -0.2) is 33.2 Å². The van der Waals surface area contributed by atoms with E-state index < -0.39 is 10.0 Å². The molecule has 7 heteroatoms. The summed E-state index contributed by atoms with van der Waals surface area (Å²) in [6.07, 6.45) is 0.667. The first kappa shape index (κ1) is 17.0. The van der Waals surface area contributed by atoms with Crippen LogP contribution in [0.15, 0.2) is 24.3 Å². The summed E-state index contributed by atoms with van der Waals surface area (Å²) in [6.45, 7) is 2.25. The Balaban J connectivity index is 2.80. The lowest BCUT2D eigenvalue weighted by Crippen LogP contribution is -2.38. The van der Waals surface area contributed by atoms with Gasteiger partial charge in [0.25, 0.3) is 0 Å². The third-order valence-corrected chi connectivity index (χ3v) is 4.42. The predicted octanol–water partition coefficient (Wildman–Crippen LogP) is 1.17. The van der Waals surface area contributed by atoms with Crippen molar-refractivity contribution in [1.29, 1.82) is 0 Å². The second kappa shape index (κ2) is 7.68. The van der Waals surface area contributed by atoms with Gasteiger partial charge in [0, 0.05) is 18.7 Å². The van der Waals surface area contributed by atoms with E-state index >= 15 is 0 Å². The summed E-state index contributed by atoms with van der Waals surface area (Å²) in [6, 6.07) is 6.71. The van der Waals surface area contributed by atoms with Crippen LogP contribution in [0.25, 0.3) is 0 Å². The molecule has 20 heavy (non-hydrogen) atoms. The number of methoxy groups -OCH3 is 1. The molecule has 0 aromatic heterocycles. The highest BCUT2D eigenvalue weighted by atomic mass is 32.2. The van der Waals surface area contributed by atoms with Crippen molar-refractivity contribution < 1.29 is 13.2 Å². The fourth-order valence-electron chi connectivity index (χ4n) is 1.77. The predicted molar refractivity (Wildman–Crippen MR) is 84.0 cm³/mol. The quantitative estimate of drug-likeness (QED) is 0.704. The number of rotatable bonds is 8. The normalized spacial score (nSPS) is 13.1. The Morgan fingerprint density at radius 2 is 2.20 bits per heavy atom. The highest BCUT2D eigenvalue weighted by molar-refractivity contribution is 7.88. The monoisotopic (exact) mass is 316 g/mol. The van der Waals surface area contributed by atoms with Gasteiger partial charge in [-0.3, -0.25) is 0 Å². The maximum absolute atomic E-state index is 12.1. The van der Waals surface area contributed by atoms with Gasteiger partial charge in [-0.1, -0.05) is 37.3 Å². The zero-order valence-corrected chi connectivity index (χ0v) is 13.3. The standard InChI is InChI=1S/C13H20N2O3S2/c1-3-12(8-18-2)15-20(16,17)9-10-5-4-6-11(7-10)13(14)19/h4-7,12,15H,3,8-9H2,1-2H3,(H2,14,19). The lowest BCUT2D eigenvalue weighted by atomic mass is 10.1. The molecular weight excluding hydrogens is 296 g/mol. The van der Waals surface area contributed by atoms with E-state index in [0.29, 0.717) is 24.2 Å². The number of benzene rings is 1. The van der Waals surface area contributed by atoms with Crippen molar-refractivity contribution in [2.45, 2.75) is 25.1 Å². The molecule has 0 aliphatic rings. The zero-order chi connectivity index (χ0) is 15.2. The molecular formula is C13H20N2O3S2. The minimum atomic E-state index is -3.42. The molecule has 0 aliphatic heterocycles. The molecule has 0 amide bonds. The van der Waals surface area contributed by atoms with Crippen LogP contribution in [0.4, 0.5) is 0 Å². The average molecular weight is 316 g/mol. The molecule has 1 aromatic carbocycles. The highest BCUT2D eigenvalue weighted by Crippen LogP contribution is 2.09. The third kappa shape index (κ3) is 5.54. The zero-order valence-electron chi connectivity index (χ0n) is 11.6. The van der Waals surface area contributed by atoms with E-state index in [1.807, 2.05) is 6.92 Å². The second-order valence-corrected chi connectivity index (χ2v) is 6.70. The number of hydrogen-bond donors (Lipinski definition) is 2. The smallest absolute Gasteiger partial charge is 0.216 e. The van der Waals surface area contributed by atoms with Crippen molar-refractivity contribution in [2.75, 3.05) is 13.7 Å². The fourth-order valence-corrected chi connectivity index (χ4v) is 3.34. The topological polar surface area (TPSA) is 81.4 Å². The van der Waals surface area contributed by atoms with Gasteiger partial charge >= 0.3 is 0 Å². The van der Waals surface area contributed by atoms with Crippen LogP contribution in [0.3, 0.4) is 0 Å². The van der Waals surface area contributed by atoms with Gasteiger partial charge in [0.05, 0.1) is 12.4 Å². The molecule has 0 fully saturated rings. The summed E-state index contributed by atoms with van der Waals surface area (Å²) in [5.74, 6) is -0.107. The first-order valence-electron chi connectivity index (χ1n) is 6.25. The van der Waals surface area contributed by atoms with E-state index in [4.69, 9.17) is 22.7 Å². The Labute approximate surface area is 125 Å². The number of ether oxygens (including phenoxy) is 1. The van der Waals surface area contributed by atoms with Crippen molar-refractivity contribution in [1.82, 2.24) is 4.72 Å². The van der Waals surface area contributed by atoms with E-state index in [0.717, 1.165) is 0 Å². The van der Waals surface area contributed by atoms with Gasteiger partial charge in [-0.25, -0.2) is 13.1 Å². The summed E-state index contributed by atoms with van der Waals surface area (Å²) in [4.78, 5) is 0.253. The summed E-state index contributed by atoms with van der Waals surface area (Å²) in [5.41, 5.74) is 6.85. The molecule has 1 rings (SSSR count). The van der Waals surface area contributed by atoms with Crippen LogP contribution in [0.2, 0.25) is 0 Å². The number of nitrogens with two attached hydrogens (primary N) is 1. The Morgan fingerprint density at radius 3 is 2.75 bits per heavy atom. The van der Waals surface area contributed by atoms with E-state index in [-0.39, 0.29) is 16.8 Å². The number of thiocarbonyl (C=S) groups is 1. The van der Waals surface area contributed by atoms with E-state index in [1.165, 1.54) is 0 Å². The minimum Gasteiger partial charge on any atom is -0.389 e. The molecule has 112 valence electrons. The van der Waals surface area contributed by atoms with Gasteiger partial charge in [-0.2, -0.15) is 0 Å². The largest absolute Gasteiger partial charge is 0.389 e. The van der Waals surface area contributed by atoms with Crippen LogP contribution in [0.5, 0.6) is 0 Å². The molecule has 1 atom stereocenters. The summed E-state index contributed by atoms with van der Waals surface area (Å²) in [5, 5.41) is 0. The minimum absolute atomic E-state index is 0.107. The van der Waals surface area contributed by atoms with Crippen molar-refractivity contribution >= 4 is 27.2 Å². The Kier molecular flexibility index (Phi) is 6.54. The average Bonchev–Trinajstić information content (AvgIpc) is 2.37. The van der Waals surface area contributed by atoms with Gasteiger partial charge in [-0.05, 0) is 18.1 Å². The van der Waals surface area contributed by atoms with Crippen molar-refractivity contribution in [2.24, 2.45) is 5.73 Å². The van der Waals surface area contributed by atoms with Crippen LogP contribution in [0.1, 0.15) is 24.5 Å². The molecule has 0 saturated carbocycles. The molecule has 0 heterocycles. The Bertz CT molecular complexity index is 558. The summed E-state index contributed by atoms with van der Waals surface area (Å²) < 4.78 is 31.8. The van der Waals surface area contributed by atoms with Crippen LogP contribution >= 0.6 is 12.2 Å². The van der Waals surface area contributed by atoms with Crippen LogP contribution in [0, 0.1) is 0 Å². The molecule has 1 unspecified atom stereocenters. The lowest BCUT2D eigenvalue weighted by molar-refractivity contribution is 0.173. The Morgan fingerprint density at radius 1 is 1.50 bits per heavy atom. The molecule has 0 spiro atoms. The SMILES string of the molecule is CCC(COC)NS(=O)(=O)Cc1cccc(C(N)=S)c1. The van der Waals surface area contributed by atoms with E-state index in [9.17, 15) is 8.42 Å². The maximum atomic E-state index is 12.1. The first-order valence-corrected chi connectivity index (χ1v) is 8.31. The van der Waals surface area contributed by atoms with E-state index in [1.54, 1.807) is 31.4 Å². The number of nitrogens with one attached hydrogen (secondary N) is 1. The third-order valence-electron chi connectivity index (χ3n) is 2.78. The van der Waals surface area contributed by atoms with Gasteiger partial charge in [0.15, 0.2) is 0 Å². The lowest BCUT2D eigenvalue weighted by Gasteiger charge is -2.16. The Hall–Kier alpha value is -1.02. The molecule has 3 N–H and O–H groups in total. The van der Waals surface area contributed by atoms with Gasteiger partial charge in [-0.15, -0.1) is 0 Å². The molecule has 0 saturated heterocycles. The van der Waals surface area contributed by atoms with Crippen LogP contribution in [-0.2, 0) is 20.5 Å². The molecule has 0 radical (unpaired) electrons. The van der Waals surface area contributed by atoms with Crippen LogP contribution < -0.4 is 10.5 Å². The highest BCUT2D eigenvalue weighted by Gasteiger charge is 2.17. The molecule has 5 nitrogen and oxygen atoms in total. The second-order valence-electron chi connectivity index (χ2n) is 4.50. The summed E-state index contributed by atoms with van der Waals surface area (Å²) >= 11 is 4.88. The number of hydrogen-bond acceptors (Lipinski definition) is 4. The van der Waals surface area contributed by atoms with Crippen molar-refractivity contribution in [3.8, 4) is 0 Å². The molecule has 1 aromatic rings. The van der Waals surface area contributed by atoms with Crippen molar-refractivity contribution in [3.05, 3.63) is 35.4 Å².